The summed E-state index contributed by atoms with van der Waals surface area (Å²) in [5, 5.41) is 15.4. The van der Waals surface area contributed by atoms with E-state index >= 15 is 0 Å². The highest BCUT2D eigenvalue weighted by molar-refractivity contribution is 6.30. The predicted molar refractivity (Wildman–Crippen MR) is 155 cm³/mol. The number of anilines is 2. The van der Waals surface area contributed by atoms with Crippen molar-refractivity contribution >= 4 is 69.9 Å². The highest BCUT2D eigenvalue weighted by Gasteiger charge is 2.08. The molecule has 0 aliphatic carbocycles. The number of benzene rings is 4. The van der Waals surface area contributed by atoms with Gasteiger partial charge in [0, 0.05) is 27.9 Å². The minimum Gasteiger partial charge on any atom is -0.322 e. The van der Waals surface area contributed by atoms with Crippen molar-refractivity contribution in [2.75, 3.05) is 10.6 Å². The van der Waals surface area contributed by atoms with Crippen molar-refractivity contribution in [3.63, 3.8) is 0 Å². The molecule has 4 aromatic carbocycles. The van der Waals surface area contributed by atoms with Crippen LogP contribution in [0.1, 0.15) is 11.1 Å². The summed E-state index contributed by atoms with van der Waals surface area (Å²) in [4.78, 5) is 25.2. The van der Waals surface area contributed by atoms with E-state index in [9.17, 15) is 9.59 Å². The van der Waals surface area contributed by atoms with Crippen LogP contribution in [0.15, 0.2) is 119 Å². The molecule has 0 saturated carbocycles. The van der Waals surface area contributed by atoms with Gasteiger partial charge in [-0.3, -0.25) is 9.59 Å². The Morgan fingerprint density at radius 3 is 1.76 bits per heavy atom. The van der Waals surface area contributed by atoms with Crippen molar-refractivity contribution in [3.8, 4) is 0 Å². The van der Waals surface area contributed by atoms with Crippen LogP contribution in [0.5, 0.6) is 0 Å². The number of rotatable bonds is 8. The minimum absolute atomic E-state index is 0.335. The van der Waals surface area contributed by atoms with E-state index in [1.807, 2.05) is 42.5 Å². The van der Waals surface area contributed by atoms with Gasteiger partial charge in [-0.25, -0.2) is 0 Å². The van der Waals surface area contributed by atoms with E-state index < -0.39 is 0 Å². The zero-order valence-corrected chi connectivity index (χ0v) is 21.5. The Bertz CT molecular complexity index is 1500. The van der Waals surface area contributed by atoms with Crippen LogP contribution in [0.25, 0.3) is 12.2 Å². The van der Waals surface area contributed by atoms with Gasteiger partial charge in [0.1, 0.15) is 5.69 Å². The maximum Gasteiger partial charge on any atom is 0.248 e. The third kappa shape index (κ3) is 8.27. The Labute approximate surface area is 230 Å². The molecule has 0 aromatic heterocycles. The second kappa shape index (κ2) is 13.1. The first-order valence-corrected chi connectivity index (χ1v) is 12.3. The molecule has 0 spiro atoms. The largest absolute Gasteiger partial charge is 0.322 e. The smallest absolute Gasteiger partial charge is 0.248 e. The van der Waals surface area contributed by atoms with E-state index in [2.05, 4.69) is 20.9 Å². The van der Waals surface area contributed by atoms with Crippen molar-refractivity contribution in [3.05, 3.63) is 130 Å². The molecule has 0 saturated heterocycles. The quantitative estimate of drug-likeness (QED) is 0.173. The molecular weight excluding hydrogens is 519 g/mol. The first-order valence-electron chi connectivity index (χ1n) is 11.5. The summed E-state index contributed by atoms with van der Waals surface area (Å²) >= 11 is 11.8. The van der Waals surface area contributed by atoms with Gasteiger partial charge in [-0.2, -0.15) is 5.11 Å². The van der Waals surface area contributed by atoms with E-state index in [4.69, 9.17) is 23.2 Å². The van der Waals surface area contributed by atoms with Crippen LogP contribution in [-0.4, -0.2) is 11.8 Å². The molecule has 0 bridgehead atoms. The molecule has 2 amide bonds. The number of nitrogens with one attached hydrogen (secondary N) is 2. The van der Waals surface area contributed by atoms with Gasteiger partial charge in [-0.05, 0) is 77.9 Å². The summed E-state index contributed by atoms with van der Waals surface area (Å²) in [6.45, 7) is 0. The maximum atomic E-state index is 12.7. The first-order chi connectivity index (χ1) is 18.4. The summed E-state index contributed by atoms with van der Waals surface area (Å²) < 4.78 is 0. The van der Waals surface area contributed by atoms with Crippen molar-refractivity contribution in [2.45, 2.75) is 0 Å². The van der Waals surface area contributed by atoms with Crippen LogP contribution in [0.3, 0.4) is 0 Å². The second-order valence-corrected chi connectivity index (χ2v) is 8.89. The average molecular weight is 541 g/mol. The highest BCUT2D eigenvalue weighted by Crippen LogP contribution is 2.30. The molecule has 0 atom stereocenters. The Balaban J connectivity index is 1.52. The summed E-state index contributed by atoms with van der Waals surface area (Å²) in [6, 6.07) is 28.4. The molecule has 4 aromatic rings. The van der Waals surface area contributed by atoms with Crippen LogP contribution >= 0.6 is 23.2 Å². The summed E-state index contributed by atoms with van der Waals surface area (Å²) in [5.41, 5.74) is 3.61. The molecule has 0 radical (unpaired) electrons. The zero-order valence-electron chi connectivity index (χ0n) is 20.0. The number of halogens is 2. The van der Waals surface area contributed by atoms with Gasteiger partial charge < -0.3 is 10.6 Å². The molecule has 4 rings (SSSR count). The van der Waals surface area contributed by atoms with Gasteiger partial charge >= 0.3 is 0 Å². The Morgan fingerprint density at radius 1 is 0.632 bits per heavy atom. The fourth-order valence-corrected chi connectivity index (χ4v) is 3.51. The fourth-order valence-electron chi connectivity index (χ4n) is 3.26. The Morgan fingerprint density at radius 2 is 1.18 bits per heavy atom. The molecule has 0 aliphatic rings. The number of carbonyl (C=O) groups is 2. The van der Waals surface area contributed by atoms with Crippen LogP contribution in [-0.2, 0) is 9.59 Å². The number of hydrogen-bond acceptors (Lipinski definition) is 4. The molecule has 0 heterocycles. The van der Waals surface area contributed by atoms with Crippen molar-refractivity contribution in [1.82, 2.24) is 0 Å². The lowest BCUT2D eigenvalue weighted by atomic mass is 10.2. The van der Waals surface area contributed by atoms with Gasteiger partial charge in [0.05, 0.1) is 11.4 Å². The van der Waals surface area contributed by atoms with E-state index in [-0.39, 0.29) is 11.8 Å². The van der Waals surface area contributed by atoms with Crippen LogP contribution < -0.4 is 10.6 Å². The topological polar surface area (TPSA) is 82.9 Å². The molecular formula is C30H22Cl2N4O2. The number of nitrogens with zero attached hydrogens (tertiary/aromatic N) is 2. The standard InChI is InChI=1S/C30H22Cl2N4O2/c31-23-12-6-21(7-13-23)10-18-29(37)33-26-16-17-27(36-35-25-4-2-1-3-5-25)28(20-26)34-30(38)19-11-22-8-14-24(32)15-9-22/h1-20H,(H,33,37)(H,34,38)/b18-10+,19-11+,36-35?. The monoisotopic (exact) mass is 540 g/mol. The van der Waals surface area contributed by atoms with E-state index in [1.54, 1.807) is 66.7 Å². The molecule has 188 valence electrons. The van der Waals surface area contributed by atoms with Crippen molar-refractivity contribution in [1.29, 1.82) is 0 Å². The van der Waals surface area contributed by atoms with Crippen molar-refractivity contribution in [2.24, 2.45) is 10.2 Å². The molecule has 2 N–H and O–H groups in total. The number of carbonyl (C=O) groups excluding carboxylic acids is 2. The molecule has 0 fully saturated rings. The third-order valence-electron chi connectivity index (χ3n) is 5.15. The van der Waals surface area contributed by atoms with Gasteiger partial charge in [0.2, 0.25) is 11.8 Å². The number of hydrogen-bond donors (Lipinski definition) is 2. The minimum atomic E-state index is -0.373. The summed E-state index contributed by atoms with van der Waals surface area (Å²) in [5.74, 6) is -0.708. The summed E-state index contributed by atoms with van der Waals surface area (Å²) in [6.07, 6.45) is 6.17. The lowest BCUT2D eigenvalue weighted by Crippen LogP contribution is -2.10. The molecule has 8 heteroatoms. The second-order valence-electron chi connectivity index (χ2n) is 8.02. The molecule has 0 aliphatic heterocycles. The SMILES string of the molecule is O=C(/C=C/c1ccc(Cl)cc1)Nc1ccc(N=Nc2ccccc2)c(NC(=O)/C=C/c2ccc(Cl)cc2)c1. The van der Waals surface area contributed by atoms with E-state index in [1.165, 1.54) is 12.2 Å². The van der Waals surface area contributed by atoms with Crippen LogP contribution in [0.2, 0.25) is 10.0 Å². The lowest BCUT2D eigenvalue weighted by Gasteiger charge is -2.09. The van der Waals surface area contributed by atoms with Crippen LogP contribution in [0, 0.1) is 0 Å². The van der Waals surface area contributed by atoms with Gasteiger partial charge in [-0.15, -0.1) is 5.11 Å². The van der Waals surface area contributed by atoms with E-state index in [0.717, 1.165) is 11.1 Å². The molecule has 6 nitrogen and oxygen atoms in total. The zero-order chi connectivity index (χ0) is 26.7. The average Bonchev–Trinajstić information content (AvgIpc) is 2.92. The highest BCUT2D eigenvalue weighted by atomic mass is 35.5. The number of amides is 2. The molecule has 38 heavy (non-hydrogen) atoms. The first kappa shape index (κ1) is 26.5. The normalized spacial score (nSPS) is 11.3. The van der Waals surface area contributed by atoms with Gasteiger partial charge in [0.25, 0.3) is 0 Å². The van der Waals surface area contributed by atoms with Crippen molar-refractivity contribution < 1.29 is 9.59 Å². The Hall–Kier alpha value is -4.52. The lowest BCUT2D eigenvalue weighted by molar-refractivity contribution is -0.112. The third-order valence-corrected chi connectivity index (χ3v) is 5.65. The van der Waals surface area contributed by atoms with E-state index in [0.29, 0.717) is 32.8 Å². The van der Waals surface area contributed by atoms with Gasteiger partial charge in [-0.1, -0.05) is 65.7 Å². The fraction of sp³-hybridized carbons (Fsp3) is 0. The number of azo groups is 1. The Kier molecular flexibility index (Phi) is 9.18. The summed E-state index contributed by atoms with van der Waals surface area (Å²) in [7, 11) is 0. The maximum absolute atomic E-state index is 12.7. The van der Waals surface area contributed by atoms with Gasteiger partial charge in [0.15, 0.2) is 0 Å². The van der Waals surface area contributed by atoms with Crippen LogP contribution in [0.4, 0.5) is 22.7 Å². The predicted octanol–water partition coefficient (Wildman–Crippen LogP) is 8.71. The molecule has 0 unspecified atom stereocenters.